The first-order valence-corrected chi connectivity index (χ1v) is 10.6. The number of alkyl halides is 2. The van der Waals surface area contributed by atoms with Crippen molar-refractivity contribution < 1.29 is 4.79 Å². The number of hydrogen-bond donors (Lipinski definition) is 1. The molecule has 1 atom stereocenters. The summed E-state index contributed by atoms with van der Waals surface area (Å²) in [6.07, 6.45) is 10.00. The Morgan fingerprint density at radius 3 is 2.00 bits per heavy atom. The fourth-order valence-electron chi connectivity index (χ4n) is 5.92. The van der Waals surface area contributed by atoms with E-state index in [1.807, 2.05) is 6.92 Å². The molecule has 5 aliphatic rings. The first kappa shape index (κ1) is 16.6. The van der Waals surface area contributed by atoms with Gasteiger partial charge in [0, 0.05) is 11.1 Å². The van der Waals surface area contributed by atoms with Crippen molar-refractivity contribution in [1.29, 1.82) is 0 Å². The molecule has 0 heterocycles. The zero-order valence-corrected chi connectivity index (χ0v) is 17.2. The number of amides is 1. The molecule has 1 amide bonds. The fourth-order valence-corrected chi connectivity index (χ4v) is 7.41. The van der Waals surface area contributed by atoms with Gasteiger partial charge in [-0.15, -0.1) is 0 Å². The van der Waals surface area contributed by atoms with E-state index < -0.39 is 5.41 Å². The molecule has 128 valence electrons. The lowest BCUT2D eigenvalue weighted by Crippen LogP contribution is -2.50. The molecular weight excluding hydrogens is 420 g/mol. The van der Waals surface area contributed by atoms with Crippen LogP contribution >= 0.6 is 31.9 Å². The molecule has 1 N–H and O–H groups in total. The number of carbonyl (C=O) groups is 1. The van der Waals surface area contributed by atoms with Gasteiger partial charge in [-0.3, -0.25) is 4.79 Å². The summed E-state index contributed by atoms with van der Waals surface area (Å²) < 4.78 is -0.250. The summed E-state index contributed by atoms with van der Waals surface area (Å²) in [5.41, 5.74) is 4.06. The van der Waals surface area contributed by atoms with E-state index in [-0.39, 0.29) is 9.14 Å². The minimum atomic E-state index is -0.392. The summed E-state index contributed by atoms with van der Waals surface area (Å²) in [5.74, 6) is 2.76. The average Bonchev–Trinajstić information content (AvgIpc) is 2.97. The second-order valence-corrected chi connectivity index (χ2v) is 12.5. The molecular formula is C18H26Br2N2O. The summed E-state index contributed by atoms with van der Waals surface area (Å²) in [6, 6.07) is 0. The topological polar surface area (TPSA) is 41.5 Å². The van der Waals surface area contributed by atoms with Crippen molar-refractivity contribution in [3.8, 4) is 0 Å². The predicted molar refractivity (Wildman–Crippen MR) is 99.8 cm³/mol. The molecule has 5 rings (SSSR count). The van der Waals surface area contributed by atoms with E-state index in [1.165, 1.54) is 44.2 Å². The Hall–Kier alpha value is 0.1000. The highest BCUT2D eigenvalue weighted by atomic mass is 79.9. The fraction of sp³-hybridized carbons (Fsp3) is 0.889. The van der Waals surface area contributed by atoms with Gasteiger partial charge in [-0.2, -0.15) is 5.10 Å². The van der Waals surface area contributed by atoms with Crippen LogP contribution < -0.4 is 5.43 Å². The third-order valence-electron chi connectivity index (χ3n) is 7.04. The zero-order chi connectivity index (χ0) is 16.5. The number of hydrogen-bond acceptors (Lipinski definition) is 2. The molecule has 4 bridgehead atoms. The number of nitrogens with one attached hydrogen (secondary N) is 1. The standard InChI is InChI=1S/C18H26Br2N2O/c1-3-14(21-22-15(23)16(2)10-18(16,19)20)17-7-11-4-12(8-17)6-13(5-11)9-17/h11-13H,3-10H2,1-2H3,(H,22,23)/b21-14-. The molecule has 0 spiro atoms. The number of hydrazone groups is 1. The van der Waals surface area contributed by atoms with Crippen molar-refractivity contribution in [3.05, 3.63) is 0 Å². The van der Waals surface area contributed by atoms with Crippen molar-refractivity contribution in [1.82, 2.24) is 5.43 Å². The smallest absolute Gasteiger partial charge is 0.248 e. The number of halogens is 2. The van der Waals surface area contributed by atoms with Crippen LogP contribution in [0.1, 0.15) is 65.2 Å². The minimum Gasteiger partial charge on any atom is -0.272 e. The van der Waals surface area contributed by atoms with Gasteiger partial charge in [-0.25, -0.2) is 5.43 Å². The second kappa shape index (κ2) is 5.30. The van der Waals surface area contributed by atoms with Crippen LogP contribution in [0.4, 0.5) is 0 Å². The van der Waals surface area contributed by atoms with Gasteiger partial charge in [0.25, 0.3) is 0 Å². The molecule has 0 aliphatic heterocycles. The van der Waals surface area contributed by atoms with Gasteiger partial charge in [0.05, 0.1) is 8.65 Å². The van der Waals surface area contributed by atoms with Crippen molar-refractivity contribution >= 4 is 43.5 Å². The normalized spacial score (nSPS) is 46.8. The van der Waals surface area contributed by atoms with Gasteiger partial charge < -0.3 is 0 Å². The predicted octanol–water partition coefficient (Wildman–Crippen LogP) is 4.98. The maximum absolute atomic E-state index is 12.5. The van der Waals surface area contributed by atoms with Gasteiger partial charge in [-0.1, -0.05) is 38.8 Å². The van der Waals surface area contributed by atoms with Gasteiger partial charge in [0.15, 0.2) is 0 Å². The summed E-state index contributed by atoms with van der Waals surface area (Å²) >= 11 is 7.14. The van der Waals surface area contributed by atoms with Crippen LogP contribution in [-0.4, -0.2) is 14.9 Å². The highest BCUT2D eigenvalue weighted by molar-refractivity contribution is 9.25. The molecule has 5 fully saturated rings. The van der Waals surface area contributed by atoms with E-state index in [4.69, 9.17) is 0 Å². The monoisotopic (exact) mass is 444 g/mol. The highest BCUT2D eigenvalue weighted by Gasteiger charge is 2.66. The van der Waals surface area contributed by atoms with E-state index >= 15 is 0 Å². The van der Waals surface area contributed by atoms with Crippen LogP contribution in [0, 0.1) is 28.6 Å². The van der Waals surface area contributed by atoms with Gasteiger partial charge in [-0.05, 0) is 76.0 Å². The van der Waals surface area contributed by atoms with E-state index in [1.54, 1.807) is 0 Å². The molecule has 0 radical (unpaired) electrons. The SMILES string of the molecule is CC/C(=N/NC(=O)C1(C)CC1(Br)Br)C12CC3CC(CC(C3)C1)C2. The molecule has 1 unspecified atom stereocenters. The quantitative estimate of drug-likeness (QED) is 0.370. The summed E-state index contributed by atoms with van der Waals surface area (Å²) in [4.78, 5) is 12.5. The maximum atomic E-state index is 12.5. The Morgan fingerprint density at radius 1 is 1.13 bits per heavy atom. The molecule has 5 saturated carbocycles. The van der Waals surface area contributed by atoms with Crippen LogP contribution in [-0.2, 0) is 4.79 Å². The van der Waals surface area contributed by atoms with E-state index in [0.29, 0.717) is 5.41 Å². The third-order valence-corrected chi connectivity index (χ3v) is 9.35. The van der Waals surface area contributed by atoms with E-state index in [0.717, 1.165) is 30.6 Å². The van der Waals surface area contributed by atoms with Crippen LogP contribution in [0.5, 0.6) is 0 Å². The second-order valence-electron chi connectivity index (χ2n) is 8.76. The molecule has 0 aromatic heterocycles. The summed E-state index contributed by atoms with van der Waals surface area (Å²) in [6.45, 7) is 4.18. The molecule has 3 nitrogen and oxygen atoms in total. The van der Waals surface area contributed by atoms with Crippen molar-refractivity contribution in [3.63, 3.8) is 0 Å². The number of rotatable bonds is 4. The molecule has 0 aromatic rings. The van der Waals surface area contributed by atoms with E-state index in [9.17, 15) is 4.79 Å². The molecule has 0 aromatic carbocycles. The van der Waals surface area contributed by atoms with E-state index in [2.05, 4.69) is 49.3 Å². The first-order valence-electron chi connectivity index (χ1n) is 9.03. The Morgan fingerprint density at radius 2 is 1.61 bits per heavy atom. The first-order chi connectivity index (χ1) is 10.8. The molecule has 23 heavy (non-hydrogen) atoms. The van der Waals surface area contributed by atoms with Gasteiger partial charge >= 0.3 is 0 Å². The lowest BCUT2D eigenvalue weighted by atomic mass is 9.48. The average molecular weight is 446 g/mol. The number of carbonyl (C=O) groups excluding carboxylic acids is 1. The summed E-state index contributed by atoms with van der Waals surface area (Å²) in [7, 11) is 0. The Labute approximate surface area is 155 Å². The van der Waals surface area contributed by atoms with Crippen LogP contribution in [0.3, 0.4) is 0 Å². The van der Waals surface area contributed by atoms with Crippen molar-refractivity contribution in [2.45, 2.75) is 68.4 Å². The number of nitrogens with zero attached hydrogens (tertiary/aromatic N) is 1. The largest absolute Gasteiger partial charge is 0.272 e. The Bertz CT molecular complexity index is 536. The lowest BCUT2D eigenvalue weighted by Gasteiger charge is -2.57. The minimum absolute atomic E-state index is 0.0296. The van der Waals surface area contributed by atoms with Crippen LogP contribution in [0.15, 0.2) is 5.10 Å². The highest BCUT2D eigenvalue weighted by Crippen LogP contribution is 2.66. The molecule has 5 aliphatic carbocycles. The Balaban J connectivity index is 1.52. The van der Waals surface area contributed by atoms with Crippen molar-refractivity contribution in [2.75, 3.05) is 0 Å². The Kier molecular flexibility index (Phi) is 3.81. The van der Waals surface area contributed by atoms with Crippen LogP contribution in [0.25, 0.3) is 0 Å². The third kappa shape index (κ3) is 2.56. The van der Waals surface area contributed by atoms with Crippen molar-refractivity contribution in [2.24, 2.45) is 33.7 Å². The van der Waals surface area contributed by atoms with Gasteiger partial charge in [0.2, 0.25) is 5.91 Å². The van der Waals surface area contributed by atoms with Gasteiger partial charge in [0.1, 0.15) is 0 Å². The lowest BCUT2D eigenvalue weighted by molar-refractivity contribution is -0.125. The van der Waals surface area contributed by atoms with Crippen LogP contribution in [0.2, 0.25) is 0 Å². The molecule has 0 saturated heterocycles. The molecule has 5 heteroatoms. The summed E-state index contributed by atoms with van der Waals surface area (Å²) in [5, 5.41) is 4.68. The maximum Gasteiger partial charge on any atom is 0.248 e. The zero-order valence-electron chi connectivity index (χ0n) is 14.0.